The molecule has 1 atom stereocenters. The minimum atomic E-state index is -1.06. The van der Waals surface area contributed by atoms with Crippen LogP contribution >= 0.6 is 0 Å². The van der Waals surface area contributed by atoms with Gasteiger partial charge in [-0.05, 0) is 36.2 Å². The Balaban J connectivity index is 1.65. The maximum Gasteiger partial charge on any atom is 0.305 e. The summed E-state index contributed by atoms with van der Waals surface area (Å²) in [4.78, 5) is 24.6. The number of rotatable bonds is 9. The van der Waals surface area contributed by atoms with Gasteiger partial charge in [0.15, 0.2) is 5.69 Å². The lowest BCUT2D eigenvalue weighted by Gasteiger charge is -2.18. The molecule has 9 nitrogen and oxygen atoms in total. The number of carboxylic acid groups (broad SMARTS) is 1. The number of hydrogen-bond donors (Lipinski definition) is 2. The lowest BCUT2D eigenvalue weighted by Crippen LogP contribution is -2.31. The minimum absolute atomic E-state index is 0.0479. The number of para-hydroxylation sites is 1. The van der Waals surface area contributed by atoms with E-state index in [1.165, 1.54) is 22.9 Å². The number of aliphatic carboxylic acids is 1. The Labute approximate surface area is 200 Å². The highest BCUT2D eigenvalue weighted by atomic mass is 19.1. The Morgan fingerprint density at radius 2 is 1.86 bits per heavy atom. The van der Waals surface area contributed by atoms with E-state index in [9.17, 15) is 19.1 Å². The first-order valence-corrected chi connectivity index (χ1v) is 10.9. The molecule has 0 saturated heterocycles. The second-order valence-corrected chi connectivity index (χ2v) is 7.98. The molecular formula is C25H24FN5O4. The molecule has 4 aromatic rings. The van der Waals surface area contributed by atoms with Crippen molar-refractivity contribution in [1.82, 2.24) is 24.9 Å². The molecule has 0 aliphatic rings. The first-order valence-electron chi connectivity index (χ1n) is 10.9. The molecule has 0 bridgehead atoms. The van der Waals surface area contributed by atoms with Gasteiger partial charge in [0.05, 0.1) is 18.2 Å². The molecule has 0 saturated carbocycles. The zero-order valence-electron chi connectivity index (χ0n) is 19.2. The van der Waals surface area contributed by atoms with Gasteiger partial charge < -0.3 is 15.2 Å². The summed E-state index contributed by atoms with van der Waals surface area (Å²) in [6.45, 7) is 1.92. The van der Waals surface area contributed by atoms with Gasteiger partial charge in [0.2, 0.25) is 5.88 Å². The van der Waals surface area contributed by atoms with Crippen molar-refractivity contribution in [3.05, 3.63) is 95.2 Å². The van der Waals surface area contributed by atoms with Gasteiger partial charge in [-0.25, -0.2) is 4.39 Å². The van der Waals surface area contributed by atoms with Gasteiger partial charge in [0.1, 0.15) is 18.1 Å². The molecule has 2 heterocycles. The maximum absolute atomic E-state index is 14.6. The van der Waals surface area contributed by atoms with Crippen LogP contribution in [0.1, 0.15) is 39.8 Å². The van der Waals surface area contributed by atoms with Gasteiger partial charge in [0, 0.05) is 19.3 Å². The van der Waals surface area contributed by atoms with Gasteiger partial charge in [-0.3, -0.25) is 14.3 Å². The van der Waals surface area contributed by atoms with E-state index in [0.717, 1.165) is 5.56 Å². The number of hydrogen-bond acceptors (Lipinski definition) is 5. The second kappa shape index (κ2) is 10.2. The van der Waals surface area contributed by atoms with E-state index >= 15 is 0 Å². The quantitative estimate of drug-likeness (QED) is 0.381. The summed E-state index contributed by atoms with van der Waals surface area (Å²) >= 11 is 0. The second-order valence-electron chi connectivity index (χ2n) is 7.98. The maximum atomic E-state index is 14.6. The number of carboxylic acids is 1. The molecule has 0 aliphatic heterocycles. The Morgan fingerprint density at radius 1 is 1.11 bits per heavy atom. The van der Waals surface area contributed by atoms with E-state index in [1.54, 1.807) is 48.3 Å². The van der Waals surface area contributed by atoms with Crippen LogP contribution in [0.15, 0.2) is 66.9 Å². The number of carbonyl (C=O) groups excluding carboxylic acids is 1. The Morgan fingerprint density at radius 3 is 2.54 bits per heavy atom. The summed E-state index contributed by atoms with van der Waals surface area (Å²) < 4.78 is 23.2. The number of nitrogens with one attached hydrogen (secondary N) is 1. The SMILES string of the molecule is Cc1ccccc1[C@H](CC(=O)O)NC(=O)c1cc(OCc2ccn(C)n2)n(-c2ccccc2F)n1. The van der Waals surface area contributed by atoms with E-state index in [1.807, 2.05) is 19.1 Å². The lowest BCUT2D eigenvalue weighted by atomic mass is 9.98. The molecule has 4 rings (SSSR count). The van der Waals surface area contributed by atoms with Crippen LogP contribution in [-0.4, -0.2) is 36.5 Å². The van der Waals surface area contributed by atoms with E-state index in [4.69, 9.17) is 4.74 Å². The zero-order valence-corrected chi connectivity index (χ0v) is 19.2. The summed E-state index contributed by atoms with van der Waals surface area (Å²) in [5.74, 6) is -2.09. The van der Waals surface area contributed by atoms with Gasteiger partial charge >= 0.3 is 5.97 Å². The summed E-state index contributed by atoms with van der Waals surface area (Å²) in [6.07, 6.45) is 1.45. The van der Waals surface area contributed by atoms with E-state index in [-0.39, 0.29) is 30.3 Å². The fourth-order valence-electron chi connectivity index (χ4n) is 3.69. The Bertz CT molecular complexity index is 1360. The normalized spacial score (nSPS) is 11.7. The molecule has 2 N–H and O–H groups in total. The van der Waals surface area contributed by atoms with Crippen LogP contribution in [0.3, 0.4) is 0 Å². The number of aromatic nitrogens is 4. The zero-order chi connectivity index (χ0) is 24.9. The molecule has 180 valence electrons. The van der Waals surface area contributed by atoms with Gasteiger partial charge in [0.25, 0.3) is 5.91 Å². The number of benzene rings is 2. The van der Waals surface area contributed by atoms with Crippen molar-refractivity contribution >= 4 is 11.9 Å². The van der Waals surface area contributed by atoms with Gasteiger partial charge in [-0.2, -0.15) is 14.9 Å². The number of halogens is 1. The van der Waals surface area contributed by atoms with Crippen molar-refractivity contribution in [2.75, 3.05) is 0 Å². The van der Waals surface area contributed by atoms with E-state index in [2.05, 4.69) is 15.5 Å². The largest absolute Gasteiger partial charge is 0.481 e. The number of aryl methyl sites for hydroxylation is 2. The number of carbonyl (C=O) groups is 2. The average Bonchev–Trinajstić information content (AvgIpc) is 3.43. The van der Waals surface area contributed by atoms with E-state index in [0.29, 0.717) is 11.3 Å². The molecule has 2 aromatic heterocycles. The summed E-state index contributed by atoms with van der Waals surface area (Å²) in [7, 11) is 1.78. The van der Waals surface area contributed by atoms with Crippen LogP contribution < -0.4 is 10.1 Å². The number of nitrogens with zero attached hydrogens (tertiary/aromatic N) is 4. The van der Waals surface area contributed by atoms with Crippen molar-refractivity contribution in [3.63, 3.8) is 0 Å². The molecule has 0 spiro atoms. The van der Waals surface area contributed by atoms with Crippen LogP contribution in [-0.2, 0) is 18.4 Å². The Kier molecular flexibility index (Phi) is 6.91. The minimum Gasteiger partial charge on any atom is -0.481 e. The van der Waals surface area contributed by atoms with Crippen molar-refractivity contribution in [2.45, 2.75) is 26.0 Å². The lowest BCUT2D eigenvalue weighted by molar-refractivity contribution is -0.137. The van der Waals surface area contributed by atoms with Crippen molar-refractivity contribution in [1.29, 1.82) is 0 Å². The third-order valence-electron chi connectivity index (χ3n) is 5.37. The van der Waals surface area contributed by atoms with Crippen molar-refractivity contribution < 1.29 is 23.8 Å². The third kappa shape index (κ3) is 5.55. The topological polar surface area (TPSA) is 111 Å². The smallest absolute Gasteiger partial charge is 0.305 e. The van der Waals surface area contributed by atoms with Crippen LogP contribution in [0.4, 0.5) is 4.39 Å². The van der Waals surface area contributed by atoms with Crippen LogP contribution in [0.5, 0.6) is 5.88 Å². The first kappa shape index (κ1) is 23.7. The Hall–Kier alpha value is -4.47. The monoisotopic (exact) mass is 477 g/mol. The van der Waals surface area contributed by atoms with Crippen LogP contribution in [0.25, 0.3) is 5.69 Å². The molecular weight excluding hydrogens is 453 g/mol. The molecule has 0 radical (unpaired) electrons. The van der Waals surface area contributed by atoms with Gasteiger partial charge in [-0.1, -0.05) is 36.4 Å². The fourth-order valence-corrected chi connectivity index (χ4v) is 3.69. The van der Waals surface area contributed by atoms with Gasteiger partial charge in [-0.15, -0.1) is 0 Å². The number of amides is 1. The molecule has 35 heavy (non-hydrogen) atoms. The summed E-state index contributed by atoms with van der Waals surface area (Å²) in [5, 5.41) is 20.7. The predicted molar refractivity (Wildman–Crippen MR) is 125 cm³/mol. The highest BCUT2D eigenvalue weighted by molar-refractivity contribution is 5.93. The molecule has 0 unspecified atom stereocenters. The van der Waals surface area contributed by atoms with Crippen LogP contribution in [0, 0.1) is 12.7 Å². The first-order chi connectivity index (χ1) is 16.8. The highest BCUT2D eigenvalue weighted by Gasteiger charge is 2.24. The fraction of sp³-hybridized carbons (Fsp3) is 0.200. The van der Waals surface area contributed by atoms with Crippen LogP contribution in [0.2, 0.25) is 0 Å². The molecule has 0 fully saturated rings. The molecule has 2 aromatic carbocycles. The standard InChI is InChI=1S/C25H24FN5O4/c1-16-7-3-4-8-18(16)20(14-24(32)33)27-25(34)21-13-23(35-15-17-11-12-30(2)28-17)31(29-21)22-10-6-5-9-19(22)26/h3-13,20H,14-15H2,1-2H3,(H,27,34)(H,32,33)/t20-/m0/s1. The number of ether oxygens (including phenoxy) is 1. The van der Waals surface area contributed by atoms with E-state index < -0.39 is 23.7 Å². The average molecular weight is 477 g/mol. The van der Waals surface area contributed by atoms with Crippen molar-refractivity contribution in [2.24, 2.45) is 7.05 Å². The molecule has 10 heteroatoms. The van der Waals surface area contributed by atoms with Crippen molar-refractivity contribution in [3.8, 4) is 11.6 Å². The third-order valence-corrected chi connectivity index (χ3v) is 5.37. The summed E-state index contributed by atoms with van der Waals surface area (Å²) in [6, 6.07) is 15.6. The summed E-state index contributed by atoms with van der Waals surface area (Å²) in [5.41, 5.74) is 2.22. The molecule has 0 aliphatic carbocycles. The predicted octanol–water partition coefficient (Wildman–Crippen LogP) is 3.58. The molecule has 1 amide bonds. The highest BCUT2D eigenvalue weighted by Crippen LogP contribution is 2.25.